The molecule has 102 valence electrons. The first kappa shape index (κ1) is 13.2. The highest BCUT2D eigenvalue weighted by atomic mass is 35.5. The van der Waals surface area contributed by atoms with Crippen LogP contribution >= 0.6 is 23.2 Å². The van der Waals surface area contributed by atoms with Crippen LogP contribution in [0.1, 0.15) is 25.7 Å². The molecule has 0 spiro atoms. The van der Waals surface area contributed by atoms with Crippen LogP contribution in [0.15, 0.2) is 21.4 Å². The van der Waals surface area contributed by atoms with Gasteiger partial charge in [0.25, 0.3) is 10.0 Å². The molecule has 7 heteroatoms. The average Bonchev–Trinajstić information content (AvgIpc) is 2.85. The van der Waals surface area contributed by atoms with Gasteiger partial charge in [0.05, 0.1) is 15.7 Å². The third kappa shape index (κ3) is 2.24. The van der Waals surface area contributed by atoms with Crippen LogP contribution in [0.25, 0.3) is 0 Å². The van der Waals surface area contributed by atoms with Crippen molar-refractivity contribution in [2.75, 3.05) is 4.90 Å². The molecule has 1 fully saturated rings. The topological polar surface area (TPSA) is 49.7 Å². The minimum atomic E-state index is -3.66. The maximum absolute atomic E-state index is 12.0. The fourth-order valence-corrected chi connectivity index (χ4v) is 4.05. The van der Waals surface area contributed by atoms with Gasteiger partial charge in [-0.3, -0.25) is 0 Å². The zero-order chi connectivity index (χ0) is 13.6. The molecule has 0 amide bonds. The van der Waals surface area contributed by atoms with Crippen LogP contribution in [0.3, 0.4) is 0 Å². The van der Waals surface area contributed by atoms with Gasteiger partial charge in [0.15, 0.2) is 0 Å². The van der Waals surface area contributed by atoms with E-state index in [0.29, 0.717) is 10.7 Å². The predicted molar refractivity (Wildman–Crippen MR) is 76.9 cm³/mol. The summed E-state index contributed by atoms with van der Waals surface area (Å²) in [6.07, 6.45) is 5.77. The monoisotopic (exact) mass is 318 g/mol. The van der Waals surface area contributed by atoms with Gasteiger partial charge < -0.3 is 4.90 Å². The Morgan fingerprint density at radius 3 is 2.47 bits per heavy atom. The summed E-state index contributed by atoms with van der Waals surface area (Å²) < 4.78 is 27.6. The molecule has 0 unspecified atom stereocenters. The Morgan fingerprint density at radius 2 is 1.79 bits per heavy atom. The van der Waals surface area contributed by atoms with Crippen LogP contribution in [-0.4, -0.2) is 20.8 Å². The van der Waals surface area contributed by atoms with Gasteiger partial charge in [-0.15, -0.1) is 4.40 Å². The molecular weight excluding hydrogens is 307 g/mol. The van der Waals surface area contributed by atoms with Crippen molar-refractivity contribution in [1.29, 1.82) is 0 Å². The molecule has 0 aromatic heterocycles. The Balaban J connectivity index is 2.16. The number of halogens is 2. The lowest BCUT2D eigenvalue weighted by Crippen LogP contribution is -2.35. The number of fused-ring (bicyclic) bond motifs is 1. The van der Waals surface area contributed by atoms with E-state index >= 15 is 0 Å². The van der Waals surface area contributed by atoms with Gasteiger partial charge in [0.2, 0.25) is 0 Å². The van der Waals surface area contributed by atoms with E-state index < -0.39 is 10.0 Å². The molecule has 1 aliphatic carbocycles. The Morgan fingerprint density at radius 1 is 1.16 bits per heavy atom. The molecule has 0 saturated heterocycles. The molecule has 2 aliphatic rings. The quantitative estimate of drug-likeness (QED) is 0.796. The van der Waals surface area contributed by atoms with Crippen molar-refractivity contribution in [3.63, 3.8) is 0 Å². The lowest BCUT2D eigenvalue weighted by molar-refractivity contribution is 0.595. The van der Waals surface area contributed by atoms with Gasteiger partial charge in [0.1, 0.15) is 11.2 Å². The van der Waals surface area contributed by atoms with E-state index in [1.54, 1.807) is 6.07 Å². The highest BCUT2D eigenvalue weighted by molar-refractivity contribution is 7.90. The molecule has 19 heavy (non-hydrogen) atoms. The SMILES string of the molecule is O=S1(=O)N=CN(C2CCCC2)c2cc(Cl)c(Cl)cc21. The smallest absolute Gasteiger partial charge is 0.285 e. The minimum Gasteiger partial charge on any atom is -0.327 e. The Bertz CT molecular complexity index is 652. The normalized spacial score (nSPS) is 21.7. The van der Waals surface area contributed by atoms with E-state index in [1.807, 2.05) is 4.90 Å². The number of nitrogens with zero attached hydrogens (tertiary/aromatic N) is 2. The molecule has 0 radical (unpaired) electrons. The van der Waals surface area contributed by atoms with Gasteiger partial charge in [-0.1, -0.05) is 36.0 Å². The standard InChI is InChI=1S/C12H12Cl2N2O2S/c13-9-5-11-12(6-10(9)14)19(17,18)15-7-16(11)8-3-1-2-4-8/h5-8H,1-4H2. The average molecular weight is 319 g/mol. The van der Waals surface area contributed by atoms with E-state index in [9.17, 15) is 8.42 Å². The van der Waals surface area contributed by atoms with Crippen LogP contribution in [0.4, 0.5) is 5.69 Å². The van der Waals surface area contributed by atoms with Crippen LogP contribution in [0.5, 0.6) is 0 Å². The highest BCUT2D eigenvalue weighted by Gasteiger charge is 2.31. The third-order valence-electron chi connectivity index (χ3n) is 3.59. The van der Waals surface area contributed by atoms with E-state index in [-0.39, 0.29) is 16.0 Å². The molecule has 1 heterocycles. The second kappa shape index (κ2) is 4.65. The molecule has 1 aromatic rings. The molecule has 1 aromatic carbocycles. The molecule has 0 bridgehead atoms. The second-order valence-corrected chi connectivity index (χ2v) is 7.19. The molecule has 3 rings (SSSR count). The number of rotatable bonds is 1. The fourth-order valence-electron chi connectivity index (χ4n) is 2.63. The first-order valence-electron chi connectivity index (χ1n) is 6.07. The summed E-state index contributed by atoms with van der Waals surface area (Å²) in [5.74, 6) is 0. The summed E-state index contributed by atoms with van der Waals surface area (Å²) >= 11 is 11.9. The number of anilines is 1. The molecule has 0 N–H and O–H groups in total. The van der Waals surface area contributed by atoms with Gasteiger partial charge in [-0.05, 0) is 25.0 Å². The fraction of sp³-hybridized carbons (Fsp3) is 0.417. The number of sulfonamides is 1. The summed E-state index contributed by atoms with van der Waals surface area (Å²) in [7, 11) is -3.66. The third-order valence-corrected chi connectivity index (χ3v) is 5.56. The summed E-state index contributed by atoms with van der Waals surface area (Å²) in [6, 6.07) is 3.28. The van der Waals surface area contributed by atoms with Crippen molar-refractivity contribution in [3.8, 4) is 0 Å². The lowest BCUT2D eigenvalue weighted by Gasteiger charge is -2.30. The number of hydrogen-bond donors (Lipinski definition) is 0. The van der Waals surface area contributed by atoms with Gasteiger partial charge >= 0.3 is 0 Å². The van der Waals surface area contributed by atoms with Crippen molar-refractivity contribution in [2.24, 2.45) is 4.40 Å². The number of benzene rings is 1. The minimum absolute atomic E-state index is 0.135. The lowest BCUT2D eigenvalue weighted by atomic mass is 10.2. The van der Waals surface area contributed by atoms with E-state index in [2.05, 4.69) is 4.40 Å². The first-order valence-corrected chi connectivity index (χ1v) is 8.26. The Kier molecular flexibility index (Phi) is 3.23. The Labute approximate surface area is 122 Å². The summed E-state index contributed by atoms with van der Waals surface area (Å²) in [6.45, 7) is 0. The van der Waals surface area contributed by atoms with Crippen molar-refractivity contribution in [1.82, 2.24) is 0 Å². The van der Waals surface area contributed by atoms with Crippen molar-refractivity contribution in [3.05, 3.63) is 22.2 Å². The maximum atomic E-state index is 12.0. The summed E-state index contributed by atoms with van der Waals surface area (Å²) in [4.78, 5) is 2.04. The number of hydrogen-bond acceptors (Lipinski definition) is 3. The van der Waals surface area contributed by atoms with Gasteiger partial charge in [0, 0.05) is 6.04 Å². The zero-order valence-corrected chi connectivity index (χ0v) is 12.3. The maximum Gasteiger partial charge on any atom is 0.285 e. The largest absolute Gasteiger partial charge is 0.327 e. The molecule has 0 atom stereocenters. The summed E-state index contributed by atoms with van der Waals surface area (Å²) in [5.41, 5.74) is 0.580. The zero-order valence-electron chi connectivity index (χ0n) is 10.0. The molecule has 1 aliphatic heterocycles. The molecular formula is C12H12Cl2N2O2S. The van der Waals surface area contributed by atoms with E-state index in [0.717, 1.165) is 25.7 Å². The van der Waals surface area contributed by atoms with Crippen molar-refractivity contribution in [2.45, 2.75) is 36.6 Å². The van der Waals surface area contributed by atoms with Gasteiger partial charge in [-0.2, -0.15) is 8.42 Å². The molecule has 1 saturated carbocycles. The van der Waals surface area contributed by atoms with Crippen LogP contribution in [0.2, 0.25) is 10.0 Å². The van der Waals surface area contributed by atoms with E-state index in [4.69, 9.17) is 23.2 Å². The van der Waals surface area contributed by atoms with Crippen LogP contribution < -0.4 is 4.90 Å². The van der Waals surface area contributed by atoms with Crippen molar-refractivity contribution >= 4 is 45.3 Å². The Hall–Kier alpha value is -0.780. The van der Waals surface area contributed by atoms with Crippen molar-refractivity contribution < 1.29 is 8.42 Å². The highest BCUT2D eigenvalue weighted by Crippen LogP contribution is 2.39. The summed E-state index contributed by atoms with van der Waals surface area (Å²) in [5, 5.41) is 0.585. The van der Waals surface area contributed by atoms with E-state index in [1.165, 1.54) is 12.4 Å². The molecule has 4 nitrogen and oxygen atoms in total. The second-order valence-electron chi connectivity index (χ2n) is 4.78. The predicted octanol–water partition coefficient (Wildman–Crippen LogP) is 3.47. The van der Waals surface area contributed by atoms with Crippen LogP contribution in [-0.2, 0) is 10.0 Å². The van der Waals surface area contributed by atoms with Crippen LogP contribution in [0, 0.1) is 0 Å². The first-order chi connectivity index (χ1) is 8.99. The van der Waals surface area contributed by atoms with Gasteiger partial charge in [-0.25, -0.2) is 0 Å².